The number of fused-ring (bicyclic) bond motifs is 1. The van der Waals surface area contributed by atoms with Gasteiger partial charge < -0.3 is 5.32 Å². The third-order valence-electron chi connectivity index (χ3n) is 3.76. The van der Waals surface area contributed by atoms with Crippen molar-refractivity contribution in [3.05, 3.63) is 59.7 Å². The second-order valence-electron chi connectivity index (χ2n) is 5.67. The number of aromatic nitrogens is 1. The molecule has 1 N–H and O–H groups in total. The van der Waals surface area contributed by atoms with Gasteiger partial charge in [-0.15, -0.1) is 0 Å². The number of carbonyl (C=O) groups is 1. The van der Waals surface area contributed by atoms with E-state index in [1.807, 2.05) is 30.3 Å². The van der Waals surface area contributed by atoms with Gasteiger partial charge in [0.05, 0.1) is 15.5 Å². The van der Waals surface area contributed by atoms with E-state index in [0.29, 0.717) is 16.7 Å². The third-order valence-corrected chi connectivity index (χ3v) is 5.77. The van der Waals surface area contributed by atoms with E-state index in [1.54, 1.807) is 0 Å². The molecule has 0 aliphatic carbocycles. The molecule has 3 aromatic rings. The van der Waals surface area contributed by atoms with Crippen LogP contribution >= 0.6 is 23.1 Å². The van der Waals surface area contributed by atoms with Crippen LogP contribution in [0, 0.1) is 6.92 Å². The zero-order valence-electron chi connectivity index (χ0n) is 13.0. The van der Waals surface area contributed by atoms with E-state index >= 15 is 0 Å². The fraction of sp³-hybridized carbons (Fsp3) is 0.167. The average Bonchev–Trinajstić information content (AvgIpc) is 3.10. The standard InChI is InChI=1S/C18H15N3OS2/c1-11-5-4-6-12(9-11)10-15-16(22)20-18(24-15)21-17-19-13-7-2-3-8-14(13)23-17/h2-9,15H,10H2,1H3,(H,19,20,21,22). The van der Waals surface area contributed by atoms with Crippen LogP contribution in [0.3, 0.4) is 0 Å². The SMILES string of the molecule is Cc1cccc(CC2S/C(=N\c3nc4ccccc4s3)NC2=O)c1. The Labute approximate surface area is 148 Å². The predicted octanol–water partition coefficient (Wildman–Crippen LogP) is 4.07. The number of nitrogens with one attached hydrogen (secondary N) is 1. The van der Waals surface area contributed by atoms with Crippen LogP contribution in [0.2, 0.25) is 0 Å². The number of para-hydroxylation sites is 1. The molecule has 2 aromatic carbocycles. The summed E-state index contributed by atoms with van der Waals surface area (Å²) in [5.41, 5.74) is 3.32. The summed E-state index contributed by atoms with van der Waals surface area (Å²) in [4.78, 5) is 21.2. The lowest BCUT2D eigenvalue weighted by atomic mass is 10.1. The number of rotatable bonds is 3. The van der Waals surface area contributed by atoms with Crippen LogP contribution < -0.4 is 5.32 Å². The minimum Gasteiger partial charge on any atom is -0.304 e. The molecule has 1 fully saturated rings. The molecule has 1 aliphatic rings. The van der Waals surface area contributed by atoms with Gasteiger partial charge in [-0.2, -0.15) is 4.99 Å². The number of aliphatic imine (C=N–C) groups is 1. The maximum atomic E-state index is 12.2. The molecule has 0 radical (unpaired) electrons. The van der Waals surface area contributed by atoms with Gasteiger partial charge in [0, 0.05) is 0 Å². The van der Waals surface area contributed by atoms with Gasteiger partial charge in [-0.1, -0.05) is 65.1 Å². The molecule has 0 saturated carbocycles. The van der Waals surface area contributed by atoms with E-state index < -0.39 is 0 Å². The van der Waals surface area contributed by atoms with Gasteiger partial charge in [-0.05, 0) is 31.0 Å². The number of thiazole rings is 1. The molecule has 0 spiro atoms. The molecular weight excluding hydrogens is 338 g/mol. The van der Waals surface area contributed by atoms with E-state index in [0.717, 1.165) is 10.2 Å². The maximum absolute atomic E-state index is 12.2. The molecule has 2 heterocycles. The van der Waals surface area contributed by atoms with Crippen molar-refractivity contribution in [3.8, 4) is 0 Å². The Bertz CT molecular complexity index is 915. The highest BCUT2D eigenvalue weighted by Gasteiger charge is 2.30. The Morgan fingerprint density at radius 2 is 2.08 bits per heavy atom. The Balaban J connectivity index is 1.52. The number of benzene rings is 2. The molecule has 6 heteroatoms. The summed E-state index contributed by atoms with van der Waals surface area (Å²) < 4.78 is 1.10. The van der Waals surface area contributed by atoms with E-state index in [2.05, 4.69) is 40.4 Å². The molecule has 1 aliphatic heterocycles. The van der Waals surface area contributed by atoms with Crippen molar-refractivity contribution in [2.24, 2.45) is 4.99 Å². The molecular formula is C18H15N3OS2. The first-order chi connectivity index (χ1) is 11.7. The number of thioether (sulfide) groups is 1. The Morgan fingerprint density at radius 3 is 2.92 bits per heavy atom. The molecule has 4 rings (SSSR count). The van der Waals surface area contributed by atoms with Gasteiger partial charge in [0.2, 0.25) is 11.0 Å². The van der Waals surface area contributed by atoms with E-state index in [-0.39, 0.29) is 11.2 Å². The highest BCUT2D eigenvalue weighted by atomic mass is 32.2. The van der Waals surface area contributed by atoms with Crippen molar-refractivity contribution in [1.82, 2.24) is 10.3 Å². The lowest BCUT2D eigenvalue weighted by Gasteiger charge is -2.05. The lowest BCUT2D eigenvalue weighted by Crippen LogP contribution is -2.25. The van der Waals surface area contributed by atoms with Gasteiger partial charge in [-0.3, -0.25) is 4.79 Å². The number of amides is 1. The molecule has 1 aromatic heterocycles. The Hall–Kier alpha value is -2.18. The molecule has 1 atom stereocenters. The van der Waals surface area contributed by atoms with Crippen molar-refractivity contribution in [1.29, 1.82) is 0 Å². The van der Waals surface area contributed by atoms with Crippen molar-refractivity contribution < 1.29 is 4.79 Å². The molecule has 1 saturated heterocycles. The minimum atomic E-state index is -0.139. The third kappa shape index (κ3) is 3.20. The van der Waals surface area contributed by atoms with Crippen molar-refractivity contribution in [3.63, 3.8) is 0 Å². The number of hydrogen-bond acceptors (Lipinski definition) is 5. The quantitative estimate of drug-likeness (QED) is 0.772. The van der Waals surface area contributed by atoms with Crippen molar-refractivity contribution in [2.45, 2.75) is 18.6 Å². The number of aryl methyl sites for hydroxylation is 1. The summed E-state index contributed by atoms with van der Waals surface area (Å²) in [6.45, 7) is 2.06. The Morgan fingerprint density at radius 1 is 1.21 bits per heavy atom. The number of amidine groups is 1. The van der Waals surface area contributed by atoms with E-state index in [4.69, 9.17) is 0 Å². The second kappa shape index (κ2) is 6.37. The fourth-order valence-corrected chi connectivity index (χ4v) is 4.55. The largest absolute Gasteiger partial charge is 0.304 e. The van der Waals surface area contributed by atoms with Crippen LogP contribution in [0.4, 0.5) is 5.13 Å². The fourth-order valence-electron chi connectivity index (χ4n) is 2.64. The average molecular weight is 353 g/mol. The molecule has 24 heavy (non-hydrogen) atoms. The first kappa shape index (κ1) is 15.4. The van der Waals surface area contributed by atoms with E-state index in [1.165, 1.54) is 34.2 Å². The normalized spacial score (nSPS) is 19.1. The van der Waals surface area contributed by atoms with Gasteiger partial charge in [-0.25, -0.2) is 4.98 Å². The zero-order chi connectivity index (χ0) is 16.5. The highest BCUT2D eigenvalue weighted by molar-refractivity contribution is 8.15. The summed E-state index contributed by atoms with van der Waals surface area (Å²) in [6.07, 6.45) is 0.705. The zero-order valence-corrected chi connectivity index (χ0v) is 14.7. The van der Waals surface area contributed by atoms with Crippen molar-refractivity contribution in [2.75, 3.05) is 0 Å². The minimum absolute atomic E-state index is 0.0152. The van der Waals surface area contributed by atoms with Gasteiger partial charge in [0.25, 0.3) is 0 Å². The lowest BCUT2D eigenvalue weighted by molar-refractivity contribution is -0.118. The van der Waals surface area contributed by atoms with Gasteiger partial charge in [0.15, 0.2) is 5.17 Å². The summed E-state index contributed by atoms with van der Waals surface area (Å²) in [5.74, 6) is 0.0152. The number of nitrogens with zero attached hydrogens (tertiary/aromatic N) is 2. The molecule has 120 valence electrons. The van der Waals surface area contributed by atoms with Crippen LogP contribution in [-0.4, -0.2) is 21.3 Å². The van der Waals surface area contributed by atoms with Gasteiger partial charge >= 0.3 is 0 Å². The van der Waals surface area contributed by atoms with Crippen LogP contribution in [-0.2, 0) is 11.2 Å². The molecule has 1 unspecified atom stereocenters. The van der Waals surface area contributed by atoms with Crippen LogP contribution in [0.25, 0.3) is 10.2 Å². The monoisotopic (exact) mass is 353 g/mol. The molecule has 1 amide bonds. The Kier molecular flexibility index (Phi) is 4.08. The molecule has 0 bridgehead atoms. The summed E-state index contributed by atoms with van der Waals surface area (Å²) >= 11 is 3.01. The smallest absolute Gasteiger partial charge is 0.239 e. The van der Waals surface area contributed by atoms with E-state index in [9.17, 15) is 4.79 Å². The highest BCUT2D eigenvalue weighted by Crippen LogP contribution is 2.31. The van der Waals surface area contributed by atoms with Crippen molar-refractivity contribution >= 4 is 49.5 Å². The summed E-state index contributed by atoms with van der Waals surface area (Å²) in [7, 11) is 0. The summed E-state index contributed by atoms with van der Waals surface area (Å²) in [6, 6.07) is 16.2. The van der Waals surface area contributed by atoms with Crippen LogP contribution in [0.5, 0.6) is 0 Å². The maximum Gasteiger partial charge on any atom is 0.239 e. The first-order valence-electron chi connectivity index (χ1n) is 7.65. The second-order valence-corrected chi connectivity index (χ2v) is 7.87. The topological polar surface area (TPSA) is 54.4 Å². The predicted molar refractivity (Wildman–Crippen MR) is 101 cm³/mol. The molecule has 4 nitrogen and oxygen atoms in total. The van der Waals surface area contributed by atoms with Gasteiger partial charge in [0.1, 0.15) is 0 Å². The summed E-state index contributed by atoms with van der Waals surface area (Å²) in [5, 5.41) is 4.05. The van der Waals surface area contributed by atoms with Crippen LogP contribution in [0.1, 0.15) is 11.1 Å². The number of hydrogen-bond donors (Lipinski definition) is 1. The first-order valence-corrected chi connectivity index (χ1v) is 9.34. The number of carbonyl (C=O) groups excluding carboxylic acids is 1. The van der Waals surface area contributed by atoms with Crippen LogP contribution in [0.15, 0.2) is 53.5 Å².